The average molecular weight is 285 g/mol. The van der Waals surface area contributed by atoms with Gasteiger partial charge in [-0.3, -0.25) is 4.79 Å². The molecule has 7 heteroatoms. The van der Waals surface area contributed by atoms with Crippen LogP contribution >= 0.6 is 0 Å². The summed E-state index contributed by atoms with van der Waals surface area (Å²) in [7, 11) is 0. The normalized spacial score (nSPS) is 24.6. The monoisotopic (exact) mass is 285 g/mol. The fourth-order valence-electron chi connectivity index (χ4n) is 3.41. The smallest absolute Gasteiger partial charge is 0.399 e. The maximum atomic E-state index is 12.5. The van der Waals surface area contributed by atoms with Crippen molar-refractivity contribution < 1.29 is 18.0 Å². The molecule has 2 bridgehead atoms. The van der Waals surface area contributed by atoms with Gasteiger partial charge in [-0.1, -0.05) is 0 Å². The second-order valence-corrected chi connectivity index (χ2v) is 5.45. The summed E-state index contributed by atoms with van der Waals surface area (Å²) in [6, 6.07) is 3.38. The molecule has 4 nitrogen and oxygen atoms in total. The van der Waals surface area contributed by atoms with Gasteiger partial charge in [0.25, 0.3) is 0 Å². The van der Waals surface area contributed by atoms with E-state index in [-0.39, 0.29) is 24.9 Å². The highest BCUT2D eigenvalue weighted by Gasteiger charge is 2.48. The van der Waals surface area contributed by atoms with E-state index in [1.165, 1.54) is 0 Å². The van der Waals surface area contributed by atoms with Crippen LogP contribution in [0.15, 0.2) is 12.1 Å². The molecule has 1 fully saturated rings. The first-order valence-electron chi connectivity index (χ1n) is 6.32. The topological polar surface area (TPSA) is 72.3 Å². The molecule has 1 amide bonds. The minimum Gasteiger partial charge on any atom is -0.399 e. The van der Waals surface area contributed by atoms with Crippen LogP contribution in [0.2, 0.25) is 0 Å². The van der Waals surface area contributed by atoms with E-state index in [1.54, 1.807) is 12.1 Å². The van der Waals surface area contributed by atoms with Crippen molar-refractivity contribution in [2.45, 2.75) is 24.4 Å². The third-order valence-electron chi connectivity index (χ3n) is 4.09. The number of rotatable bonds is 0. The van der Waals surface area contributed by atoms with Gasteiger partial charge in [0.2, 0.25) is 0 Å². The van der Waals surface area contributed by atoms with Crippen LogP contribution < -0.4 is 11.5 Å². The maximum Gasteiger partial charge on any atom is 0.471 e. The van der Waals surface area contributed by atoms with Crippen LogP contribution in [0, 0.1) is 0 Å². The zero-order valence-electron chi connectivity index (χ0n) is 10.6. The molecular formula is C13H14F3N3O. The van der Waals surface area contributed by atoms with Gasteiger partial charge in [-0.2, -0.15) is 13.2 Å². The molecule has 0 saturated carbocycles. The number of likely N-dealkylation sites (tertiary alicyclic amines) is 1. The number of nitrogens with two attached hydrogens (primary N) is 2. The van der Waals surface area contributed by atoms with Crippen molar-refractivity contribution in [1.29, 1.82) is 0 Å². The van der Waals surface area contributed by atoms with Gasteiger partial charge in [0, 0.05) is 36.3 Å². The number of carbonyl (C=O) groups excluding carboxylic acids is 1. The van der Waals surface area contributed by atoms with E-state index in [1.807, 2.05) is 0 Å². The molecule has 4 N–H and O–H groups in total. The molecule has 2 atom stereocenters. The van der Waals surface area contributed by atoms with Gasteiger partial charge >= 0.3 is 12.1 Å². The molecule has 1 aliphatic heterocycles. The lowest BCUT2D eigenvalue weighted by Gasteiger charge is -2.32. The highest BCUT2D eigenvalue weighted by Crippen LogP contribution is 2.49. The fourth-order valence-corrected chi connectivity index (χ4v) is 3.41. The lowest BCUT2D eigenvalue weighted by molar-refractivity contribution is -0.186. The van der Waals surface area contributed by atoms with Gasteiger partial charge in [-0.25, -0.2) is 0 Å². The zero-order valence-corrected chi connectivity index (χ0v) is 10.6. The highest BCUT2D eigenvalue weighted by atomic mass is 19.4. The molecule has 1 aromatic carbocycles. The van der Waals surface area contributed by atoms with E-state index in [0.29, 0.717) is 11.4 Å². The minimum absolute atomic E-state index is 0.0654. The van der Waals surface area contributed by atoms with E-state index in [2.05, 4.69) is 0 Å². The Morgan fingerprint density at radius 3 is 2.50 bits per heavy atom. The standard InChI is InChI=1S/C13H14F3N3O/c14-13(15,16)12(20)19-4-6-1-7(5-19)11-9(6)2-8(17)3-10(11)18/h2-3,6-7H,1,4-5,17-18H2/t6-,7+/m1/s1. The summed E-state index contributed by atoms with van der Waals surface area (Å²) in [5, 5.41) is 0. The predicted molar refractivity (Wildman–Crippen MR) is 68.0 cm³/mol. The first-order chi connectivity index (χ1) is 9.27. The van der Waals surface area contributed by atoms with Gasteiger partial charge < -0.3 is 16.4 Å². The molecule has 20 heavy (non-hydrogen) atoms. The Labute approximate surface area is 113 Å². The molecule has 0 aromatic heterocycles. The number of nitrogens with zero attached hydrogens (tertiary/aromatic N) is 1. The molecule has 0 spiro atoms. The lowest BCUT2D eigenvalue weighted by Crippen LogP contribution is -2.46. The van der Waals surface area contributed by atoms with Crippen LogP contribution in [0.3, 0.4) is 0 Å². The fraction of sp³-hybridized carbons (Fsp3) is 0.462. The molecule has 1 aliphatic carbocycles. The van der Waals surface area contributed by atoms with Crippen molar-refractivity contribution in [3.63, 3.8) is 0 Å². The highest BCUT2D eigenvalue weighted by molar-refractivity contribution is 5.82. The summed E-state index contributed by atoms with van der Waals surface area (Å²) in [5.74, 6) is -2.01. The lowest BCUT2D eigenvalue weighted by atomic mass is 9.95. The quantitative estimate of drug-likeness (QED) is 0.714. The molecular weight excluding hydrogens is 271 g/mol. The van der Waals surface area contributed by atoms with Crippen LogP contribution in [-0.4, -0.2) is 30.1 Å². The summed E-state index contributed by atoms with van der Waals surface area (Å²) < 4.78 is 37.6. The number of hydrogen-bond acceptors (Lipinski definition) is 3. The Morgan fingerprint density at radius 2 is 1.85 bits per heavy atom. The van der Waals surface area contributed by atoms with Crippen LogP contribution in [0.5, 0.6) is 0 Å². The van der Waals surface area contributed by atoms with Crippen LogP contribution in [0.4, 0.5) is 24.5 Å². The number of carbonyl (C=O) groups is 1. The van der Waals surface area contributed by atoms with Gasteiger partial charge in [0.1, 0.15) is 0 Å². The van der Waals surface area contributed by atoms with E-state index in [4.69, 9.17) is 11.5 Å². The summed E-state index contributed by atoms with van der Waals surface area (Å²) in [6.07, 6.45) is -4.10. The summed E-state index contributed by atoms with van der Waals surface area (Å²) in [6.45, 7) is 0.140. The molecule has 1 saturated heterocycles. The second-order valence-electron chi connectivity index (χ2n) is 5.45. The number of alkyl halides is 3. The number of benzene rings is 1. The number of hydrogen-bond donors (Lipinski definition) is 2. The Hall–Kier alpha value is -1.92. The van der Waals surface area contributed by atoms with Crippen molar-refractivity contribution >= 4 is 17.3 Å². The molecule has 1 heterocycles. The maximum absolute atomic E-state index is 12.5. The summed E-state index contributed by atoms with van der Waals surface area (Å²) in [5.41, 5.74) is 14.4. The first kappa shape index (κ1) is 13.1. The SMILES string of the molecule is Nc1cc(N)c2c(c1)[C@@H]1C[C@H]2CN(C(=O)C(F)(F)F)C1. The predicted octanol–water partition coefficient (Wildman–Crippen LogP) is 1.83. The van der Waals surface area contributed by atoms with Crippen LogP contribution in [0.1, 0.15) is 29.4 Å². The Bertz CT molecular complexity index is 585. The van der Waals surface area contributed by atoms with Crippen molar-refractivity contribution in [3.05, 3.63) is 23.3 Å². The van der Waals surface area contributed by atoms with Crippen LogP contribution in [0.25, 0.3) is 0 Å². The number of halogens is 3. The molecule has 0 unspecified atom stereocenters. The average Bonchev–Trinajstić information content (AvgIpc) is 2.58. The zero-order chi connectivity index (χ0) is 14.7. The van der Waals surface area contributed by atoms with Crippen molar-refractivity contribution in [2.75, 3.05) is 24.6 Å². The third kappa shape index (κ3) is 1.88. The molecule has 2 aliphatic rings. The van der Waals surface area contributed by atoms with Crippen LogP contribution in [-0.2, 0) is 4.79 Å². The number of amides is 1. The molecule has 0 radical (unpaired) electrons. The summed E-state index contributed by atoms with van der Waals surface area (Å²) >= 11 is 0. The van der Waals surface area contributed by atoms with E-state index >= 15 is 0 Å². The van der Waals surface area contributed by atoms with Gasteiger partial charge in [0.05, 0.1) is 0 Å². The summed E-state index contributed by atoms with van der Waals surface area (Å²) in [4.78, 5) is 12.3. The largest absolute Gasteiger partial charge is 0.471 e. The molecule has 1 aromatic rings. The Balaban J connectivity index is 1.94. The van der Waals surface area contributed by atoms with Crippen molar-refractivity contribution in [3.8, 4) is 0 Å². The van der Waals surface area contributed by atoms with E-state index in [9.17, 15) is 18.0 Å². The van der Waals surface area contributed by atoms with Crippen molar-refractivity contribution in [1.82, 2.24) is 4.90 Å². The Morgan fingerprint density at radius 1 is 1.20 bits per heavy atom. The van der Waals surface area contributed by atoms with Gasteiger partial charge in [-0.05, 0) is 29.7 Å². The molecule has 3 rings (SSSR count). The number of fused-ring (bicyclic) bond motifs is 5. The van der Waals surface area contributed by atoms with Gasteiger partial charge in [-0.15, -0.1) is 0 Å². The van der Waals surface area contributed by atoms with E-state index in [0.717, 1.165) is 22.4 Å². The first-order valence-corrected chi connectivity index (χ1v) is 6.32. The Kier molecular flexibility index (Phi) is 2.64. The van der Waals surface area contributed by atoms with Gasteiger partial charge in [0.15, 0.2) is 0 Å². The minimum atomic E-state index is -4.83. The number of piperidine rings is 1. The second kappa shape index (κ2) is 4.04. The number of anilines is 2. The molecule has 108 valence electrons. The number of nitrogen functional groups attached to an aromatic ring is 2. The van der Waals surface area contributed by atoms with Crippen molar-refractivity contribution in [2.24, 2.45) is 0 Å². The van der Waals surface area contributed by atoms with E-state index < -0.39 is 12.1 Å². The third-order valence-corrected chi connectivity index (χ3v) is 4.09.